The standard InChI is InChI=1S/C25H22FN5O5/c1-25(26)19(36-23(33)16-10-6-3-7-11-16)17(12-34-22(32)15-8-4-2-5-9-15)35-24(25)31-14-30-18-20(27)28-13-29-21(18)31/h2-11,13-14,17,19,24H,12H2,1H3,(H2,27,28,29). The van der Waals surface area contributed by atoms with Crippen molar-refractivity contribution in [3.63, 3.8) is 0 Å². The molecule has 4 aromatic rings. The average Bonchev–Trinajstić information content (AvgIpc) is 3.42. The lowest BCUT2D eigenvalue weighted by Crippen LogP contribution is -2.44. The van der Waals surface area contributed by atoms with Crippen LogP contribution in [0.4, 0.5) is 10.2 Å². The smallest absolute Gasteiger partial charge is 0.338 e. The Kier molecular flexibility index (Phi) is 6.06. The highest BCUT2D eigenvalue weighted by Gasteiger charge is 2.58. The van der Waals surface area contributed by atoms with Crippen LogP contribution >= 0.6 is 0 Å². The van der Waals surface area contributed by atoms with Crippen LogP contribution in [-0.2, 0) is 14.2 Å². The van der Waals surface area contributed by atoms with Crippen molar-refractivity contribution in [1.82, 2.24) is 19.5 Å². The summed E-state index contributed by atoms with van der Waals surface area (Å²) in [5, 5.41) is 0. The molecule has 11 heteroatoms. The number of rotatable bonds is 6. The van der Waals surface area contributed by atoms with Crippen LogP contribution in [0.15, 0.2) is 73.3 Å². The van der Waals surface area contributed by atoms with E-state index in [1.165, 1.54) is 24.1 Å². The number of fused-ring (bicyclic) bond motifs is 1. The molecule has 2 aromatic heterocycles. The predicted octanol–water partition coefficient (Wildman–Crippen LogP) is 3.12. The third kappa shape index (κ3) is 4.24. The summed E-state index contributed by atoms with van der Waals surface area (Å²) in [7, 11) is 0. The predicted molar refractivity (Wildman–Crippen MR) is 126 cm³/mol. The van der Waals surface area contributed by atoms with Gasteiger partial charge in [-0.3, -0.25) is 4.57 Å². The molecule has 2 aromatic carbocycles. The molecular weight excluding hydrogens is 469 g/mol. The number of carbonyl (C=O) groups is 2. The van der Waals surface area contributed by atoms with Crippen molar-refractivity contribution in [2.75, 3.05) is 12.3 Å². The van der Waals surface area contributed by atoms with Crippen LogP contribution in [0.3, 0.4) is 0 Å². The number of halogens is 1. The second kappa shape index (κ2) is 9.34. The van der Waals surface area contributed by atoms with E-state index in [1.54, 1.807) is 60.7 Å². The minimum absolute atomic E-state index is 0.123. The minimum atomic E-state index is -2.26. The Bertz CT molecular complexity index is 1400. The lowest BCUT2D eigenvalue weighted by molar-refractivity contribution is -0.0611. The number of nitrogen functional groups attached to an aromatic ring is 1. The van der Waals surface area contributed by atoms with Crippen molar-refractivity contribution < 1.29 is 28.2 Å². The molecule has 10 nitrogen and oxygen atoms in total. The number of nitrogens with two attached hydrogens (primary N) is 1. The number of ether oxygens (including phenoxy) is 3. The van der Waals surface area contributed by atoms with Gasteiger partial charge < -0.3 is 19.9 Å². The Morgan fingerprint density at radius 3 is 2.33 bits per heavy atom. The molecular formula is C25H22FN5O5. The van der Waals surface area contributed by atoms with Gasteiger partial charge in [-0.05, 0) is 31.2 Å². The Hall–Kier alpha value is -4.38. The Labute approximate surface area is 204 Å². The zero-order chi connectivity index (χ0) is 25.3. The van der Waals surface area contributed by atoms with Crippen LogP contribution in [0.1, 0.15) is 33.9 Å². The minimum Gasteiger partial charge on any atom is -0.459 e. The van der Waals surface area contributed by atoms with Crippen LogP contribution in [0, 0.1) is 0 Å². The van der Waals surface area contributed by atoms with Crippen LogP contribution in [0.2, 0.25) is 0 Å². The van der Waals surface area contributed by atoms with Crippen molar-refractivity contribution in [2.24, 2.45) is 0 Å². The maximum absolute atomic E-state index is 16.4. The molecule has 5 rings (SSSR count). The molecule has 4 unspecified atom stereocenters. The van der Waals surface area contributed by atoms with E-state index >= 15 is 4.39 Å². The van der Waals surface area contributed by atoms with E-state index < -0.39 is 36.0 Å². The highest BCUT2D eigenvalue weighted by molar-refractivity contribution is 5.90. The SMILES string of the molecule is CC1(F)C(OC(=O)c2ccccc2)C(COC(=O)c2ccccc2)OC1n1cnc2c(N)ncnc21. The van der Waals surface area contributed by atoms with E-state index in [1.807, 2.05) is 0 Å². The summed E-state index contributed by atoms with van der Waals surface area (Å²) >= 11 is 0. The average molecular weight is 491 g/mol. The number of anilines is 1. The fraction of sp³-hybridized carbons (Fsp3) is 0.240. The molecule has 0 radical (unpaired) electrons. The number of nitrogens with zero attached hydrogens (tertiary/aromatic N) is 4. The van der Waals surface area contributed by atoms with Gasteiger partial charge >= 0.3 is 11.9 Å². The number of esters is 2. The van der Waals surface area contributed by atoms with Crippen LogP contribution in [0.5, 0.6) is 0 Å². The van der Waals surface area contributed by atoms with E-state index in [0.717, 1.165) is 0 Å². The lowest BCUT2D eigenvalue weighted by atomic mass is 9.98. The topological polar surface area (TPSA) is 131 Å². The zero-order valence-electron chi connectivity index (χ0n) is 19.2. The van der Waals surface area contributed by atoms with Crippen molar-refractivity contribution in [1.29, 1.82) is 0 Å². The second-order valence-electron chi connectivity index (χ2n) is 8.42. The summed E-state index contributed by atoms with van der Waals surface area (Å²) in [6.45, 7) is 0.885. The fourth-order valence-corrected chi connectivity index (χ4v) is 4.14. The van der Waals surface area contributed by atoms with Crippen molar-refractivity contribution in [3.8, 4) is 0 Å². The van der Waals surface area contributed by atoms with Crippen LogP contribution in [-0.4, -0.2) is 55.9 Å². The van der Waals surface area contributed by atoms with E-state index in [2.05, 4.69) is 15.0 Å². The number of benzene rings is 2. The number of imidazole rings is 1. The molecule has 184 valence electrons. The molecule has 0 amide bonds. The van der Waals surface area contributed by atoms with E-state index in [0.29, 0.717) is 5.56 Å². The number of hydrogen-bond donors (Lipinski definition) is 1. The van der Waals surface area contributed by atoms with Gasteiger partial charge in [-0.2, -0.15) is 0 Å². The molecule has 0 aliphatic carbocycles. The summed E-state index contributed by atoms with van der Waals surface area (Å²) in [6.07, 6.45) is -1.30. The molecule has 0 spiro atoms. The van der Waals surface area contributed by atoms with Crippen molar-refractivity contribution in [2.45, 2.75) is 31.0 Å². The summed E-state index contributed by atoms with van der Waals surface area (Å²) in [6, 6.07) is 16.5. The molecule has 1 fully saturated rings. The lowest BCUT2D eigenvalue weighted by Gasteiger charge is -2.27. The van der Waals surface area contributed by atoms with Gasteiger partial charge in [0.2, 0.25) is 0 Å². The van der Waals surface area contributed by atoms with Gasteiger partial charge in [-0.15, -0.1) is 0 Å². The normalized spacial score (nSPS) is 23.4. The molecule has 1 aliphatic rings. The van der Waals surface area contributed by atoms with Gasteiger partial charge in [0, 0.05) is 0 Å². The zero-order valence-corrected chi connectivity index (χ0v) is 19.2. The summed E-state index contributed by atoms with van der Waals surface area (Å²) < 4.78 is 34.8. The quantitative estimate of drug-likeness (QED) is 0.404. The largest absolute Gasteiger partial charge is 0.459 e. The molecule has 2 N–H and O–H groups in total. The molecule has 3 heterocycles. The van der Waals surface area contributed by atoms with E-state index in [4.69, 9.17) is 19.9 Å². The van der Waals surface area contributed by atoms with Crippen molar-refractivity contribution in [3.05, 3.63) is 84.4 Å². The van der Waals surface area contributed by atoms with Gasteiger partial charge in [0.05, 0.1) is 17.5 Å². The highest BCUT2D eigenvalue weighted by atomic mass is 19.1. The summed E-state index contributed by atoms with van der Waals surface area (Å²) in [5.74, 6) is -1.24. The first kappa shape index (κ1) is 23.4. The Balaban J connectivity index is 1.45. The van der Waals surface area contributed by atoms with Gasteiger partial charge in [-0.25, -0.2) is 28.9 Å². The van der Waals surface area contributed by atoms with Gasteiger partial charge in [-0.1, -0.05) is 36.4 Å². The number of carbonyl (C=O) groups excluding carboxylic acids is 2. The number of aromatic nitrogens is 4. The fourth-order valence-electron chi connectivity index (χ4n) is 4.14. The third-order valence-corrected chi connectivity index (χ3v) is 5.95. The summed E-state index contributed by atoms with van der Waals surface area (Å²) in [5.41, 5.74) is 4.68. The van der Waals surface area contributed by atoms with Crippen LogP contribution in [0.25, 0.3) is 11.2 Å². The second-order valence-corrected chi connectivity index (χ2v) is 8.42. The maximum atomic E-state index is 16.4. The number of hydrogen-bond acceptors (Lipinski definition) is 9. The first-order chi connectivity index (χ1) is 17.4. The van der Waals surface area contributed by atoms with E-state index in [9.17, 15) is 9.59 Å². The van der Waals surface area contributed by atoms with Gasteiger partial charge in [0.25, 0.3) is 0 Å². The van der Waals surface area contributed by atoms with Gasteiger partial charge in [0.1, 0.15) is 24.6 Å². The highest BCUT2D eigenvalue weighted by Crippen LogP contribution is 2.44. The first-order valence-corrected chi connectivity index (χ1v) is 11.1. The van der Waals surface area contributed by atoms with Crippen molar-refractivity contribution >= 4 is 28.9 Å². The molecule has 0 bridgehead atoms. The Morgan fingerprint density at radius 2 is 1.67 bits per heavy atom. The monoisotopic (exact) mass is 491 g/mol. The number of alkyl halides is 1. The third-order valence-electron chi connectivity index (χ3n) is 5.95. The van der Waals surface area contributed by atoms with Crippen LogP contribution < -0.4 is 5.73 Å². The molecule has 1 aliphatic heterocycles. The first-order valence-electron chi connectivity index (χ1n) is 11.1. The van der Waals surface area contributed by atoms with Gasteiger partial charge in [0.15, 0.2) is 29.5 Å². The van der Waals surface area contributed by atoms with E-state index in [-0.39, 0.29) is 29.2 Å². The molecule has 1 saturated heterocycles. The summed E-state index contributed by atoms with van der Waals surface area (Å²) in [4.78, 5) is 37.6. The molecule has 4 atom stereocenters. The maximum Gasteiger partial charge on any atom is 0.338 e. The molecule has 36 heavy (non-hydrogen) atoms. The Morgan fingerprint density at radius 1 is 1.03 bits per heavy atom. The molecule has 0 saturated carbocycles.